The van der Waals surface area contributed by atoms with Gasteiger partial charge in [0.25, 0.3) is 0 Å². The predicted octanol–water partition coefficient (Wildman–Crippen LogP) is -0.861. The Balaban J connectivity index is 3.54. The summed E-state index contributed by atoms with van der Waals surface area (Å²) in [6, 6.07) is -0.972. The molecule has 0 aromatic heterocycles. The summed E-state index contributed by atoms with van der Waals surface area (Å²) in [6.07, 6.45) is 0.207. The molecule has 0 fully saturated rings. The number of nitrogens with one attached hydrogen (secondary N) is 1. The Bertz CT molecular complexity index is 162. The maximum absolute atomic E-state index is 10.5. The van der Waals surface area contributed by atoms with Gasteiger partial charge in [0.2, 0.25) is 5.91 Å². The number of carboxylic acid groups (broad SMARTS) is 1. The lowest BCUT2D eigenvalue weighted by Gasteiger charge is -2.03. The van der Waals surface area contributed by atoms with Crippen molar-refractivity contribution in [1.29, 1.82) is 0 Å². The molecule has 1 atom stereocenters. The lowest BCUT2D eigenvalue weighted by molar-refractivity contribution is -0.138. The topological polar surface area (TPSA) is 92.4 Å². The number of thiol groups is 1. The Labute approximate surface area is 69.5 Å². The highest BCUT2D eigenvalue weighted by Crippen LogP contribution is 1.94. The molecule has 0 rings (SSSR count). The van der Waals surface area contributed by atoms with Crippen LogP contribution in [-0.2, 0) is 9.59 Å². The van der Waals surface area contributed by atoms with Gasteiger partial charge in [0.15, 0.2) is 0 Å². The molecule has 11 heavy (non-hydrogen) atoms. The molecule has 0 aliphatic rings. The van der Waals surface area contributed by atoms with Crippen LogP contribution in [-0.4, -0.2) is 23.0 Å². The summed E-state index contributed by atoms with van der Waals surface area (Å²) in [6.45, 7) is 0. The first kappa shape index (κ1) is 10.2. The van der Waals surface area contributed by atoms with E-state index in [2.05, 4.69) is 17.5 Å². The van der Waals surface area contributed by atoms with Gasteiger partial charge in [-0.05, 0) is 6.42 Å². The second kappa shape index (κ2) is 4.97. The number of carboxylic acids is 1. The zero-order valence-electron chi connectivity index (χ0n) is 5.78. The molecule has 0 saturated carbocycles. The second-order valence-corrected chi connectivity index (χ2v) is 2.24. The third kappa shape index (κ3) is 4.63. The van der Waals surface area contributed by atoms with Crippen LogP contribution >= 0.6 is 12.8 Å². The SMILES string of the molecule is N[C@@H](CCC(=O)NS)C(=O)O. The summed E-state index contributed by atoms with van der Waals surface area (Å²) in [7, 11) is 0. The molecule has 1 amide bonds. The predicted molar refractivity (Wildman–Crippen MR) is 42.0 cm³/mol. The molecule has 0 saturated heterocycles. The van der Waals surface area contributed by atoms with E-state index in [0.717, 1.165) is 0 Å². The molecule has 4 N–H and O–H groups in total. The molecule has 5 nitrogen and oxygen atoms in total. The van der Waals surface area contributed by atoms with Crippen molar-refractivity contribution in [3.8, 4) is 0 Å². The van der Waals surface area contributed by atoms with Crippen LogP contribution in [0.1, 0.15) is 12.8 Å². The summed E-state index contributed by atoms with van der Waals surface area (Å²) in [5.74, 6) is -1.43. The van der Waals surface area contributed by atoms with Gasteiger partial charge in [0.05, 0.1) is 0 Å². The molecule has 0 aromatic rings. The fourth-order valence-electron chi connectivity index (χ4n) is 0.466. The van der Waals surface area contributed by atoms with Crippen LogP contribution in [0.3, 0.4) is 0 Å². The number of hydrogen-bond acceptors (Lipinski definition) is 4. The number of carbonyl (C=O) groups is 2. The minimum absolute atomic E-state index is 0.0803. The number of aliphatic carboxylic acids is 1. The monoisotopic (exact) mass is 178 g/mol. The normalized spacial score (nSPS) is 12.2. The number of nitrogens with two attached hydrogens (primary N) is 1. The molecule has 6 heteroatoms. The van der Waals surface area contributed by atoms with Gasteiger partial charge in [-0.1, -0.05) is 12.8 Å². The Morgan fingerprint density at radius 2 is 2.18 bits per heavy atom. The van der Waals surface area contributed by atoms with Gasteiger partial charge in [-0.3, -0.25) is 9.59 Å². The highest BCUT2D eigenvalue weighted by molar-refractivity contribution is 7.78. The zero-order valence-corrected chi connectivity index (χ0v) is 6.67. The third-order valence-corrected chi connectivity index (χ3v) is 1.37. The first-order valence-corrected chi connectivity index (χ1v) is 3.44. The molecule has 0 aliphatic carbocycles. The number of carbonyl (C=O) groups excluding carboxylic acids is 1. The highest BCUT2D eigenvalue weighted by atomic mass is 32.1. The van der Waals surface area contributed by atoms with Crippen molar-refractivity contribution in [3.63, 3.8) is 0 Å². The molecule has 0 aromatic carbocycles. The van der Waals surface area contributed by atoms with E-state index < -0.39 is 12.0 Å². The van der Waals surface area contributed by atoms with Crippen LogP contribution < -0.4 is 10.5 Å². The smallest absolute Gasteiger partial charge is 0.320 e. The van der Waals surface area contributed by atoms with Gasteiger partial charge >= 0.3 is 5.97 Å². The lowest BCUT2D eigenvalue weighted by Crippen LogP contribution is -2.31. The van der Waals surface area contributed by atoms with Crippen molar-refractivity contribution < 1.29 is 14.7 Å². The molecular formula is C5H10N2O3S. The van der Waals surface area contributed by atoms with Crippen molar-refractivity contribution in [1.82, 2.24) is 4.72 Å². The van der Waals surface area contributed by atoms with Crippen LogP contribution in [0.5, 0.6) is 0 Å². The Morgan fingerprint density at radius 3 is 2.55 bits per heavy atom. The molecule has 0 bridgehead atoms. The maximum atomic E-state index is 10.5. The van der Waals surface area contributed by atoms with Crippen LogP contribution in [0.4, 0.5) is 0 Å². The summed E-state index contributed by atoms with van der Waals surface area (Å²) in [5.41, 5.74) is 5.11. The summed E-state index contributed by atoms with van der Waals surface area (Å²) >= 11 is 3.48. The van der Waals surface area contributed by atoms with Gasteiger partial charge in [-0.25, -0.2) is 0 Å². The van der Waals surface area contributed by atoms with E-state index in [1.54, 1.807) is 0 Å². The van der Waals surface area contributed by atoms with Gasteiger partial charge in [0, 0.05) is 6.42 Å². The van der Waals surface area contributed by atoms with Gasteiger partial charge in [0.1, 0.15) is 6.04 Å². The van der Waals surface area contributed by atoms with E-state index in [-0.39, 0.29) is 18.7 Å². The number of rotatable bonds is 4. The quantitative estimate of drug-likeness (QED) is 0.421. The second-order valence-electron chi connectivity index (χ2n) is 2.02. The molecule has 0 heterocycles. The average molecular weight is 178 g/mol. The fraction of sp³-hybridized carbons (Fsp3) is 0.600. The van der Waals surface area contributed by atoms with Crippen LogP contribution in [0, 0.1) is 0 Å². The molecule has 64 valence electrons. The minimum atomic E-state index is -1.10. The molecule has 0 radical (unpaired) electrons. The maximum Gasteiger partial charge on any atom is 0.320 e. The van der Waals surface area contributed by atoms with Gasteiger partial charge in [-0.2, -0.15) is 0 Å². The van der Waals surface area contributed by atoms with Crippen molar-refractivity contribution in [3.05, 3.63) is 0 Å². The van der Waals surface area contributed by atoms with Gasteiger partial charge < -0.3 is 15.6 Å². The molecular weight excluding hydrogens is 168 g/mol. The minimum Gasteiger partial charge on any atom is -0.480 e. The van der Waals surface area contributed by atoms with E-state index in [9.17, 15) is 9.59 Å². The van der Waals surface area contributed by atoms with E-state index in [4.69, 9.17) is 10.8 Å². The Kier molecular flexibility index (Phi) is 4.64. The summed E-state index contributed by atoms with van der Waals surface area (Å²) in [4.78, 5) is 20.6. The largest absolute Gasteiger partial charge is 0.480 e. The van der Waals surface area contributed by atoms with Crippen LogP contribution in [0.25, 0.3) is 0 Å². The Hall–Kier alpha value is -0.750. The van der Waals surface area contributed by atoms with E-state index >= 15 is 0 Å². The Morgan fingerprint density at radius 1 is 1.64 bits per heavy atom. The lowest BCUT2D eigenvalue weighted by atomic mass is 10.2. The third-order valence-electron chi connectivity index (χ3n) is 1.12. The first-order chi connectivity index (χ1) is 5.07. The van der Waals surface area contributed by atoms with Crippen molar-refractivity contribution in [2.24, 2.45) is 5.73 Å². The van der Waals surface area contributed by atoms with E-state index in [1.165, 1.54) is 0 Å². The van der Waals surface area contributed by atoms with Crippen LogP contribution in [0.2, 0.25) is 0 Å². The first-order valence-electron chi connectivity index (χ1n) is 2.99. The number of amides is 1. The van der Waals surface area contributed by atoms with E-state index in [0.29, 0.717) is 0 Å². The van der Waals surface area contributed by atoms with Crippen LogP contribution in [0.15, 0.2) is 0 Å². The standard InChI is InChI=1S/C5H10N2O3S/c6-3(5(9)10)1-2-4(8)7-11/h3,11H,1-2,6H2,(H,7,8)(H,9,10)/t3-/m0/s1. The van der Waals surface area contributed by atoms with Crippen molar-refractivity contribution >= 4 is 24.7 Å². The zero-order chi connectivity index (χ0) is 8.85. The summed E-state index contributed by atoms with van der Waals surface area (Å²) < 4.78 is 2.07. The van der Waals surface area contributed by atoms with Crippen molar-refractivity contribution in [2.45, 2.75) is 18.9 Å². The molecule has 0 unspecified atom stereocenters. The van der Waals surface area contributed by atoms with Gasteiger partial charge in [-0.15, -0.1) is 0 Å². The van der Waals surface area contributed by atoms with E-state index in [1.807, 2.05) is 0 Å². The summed E-state index contributed by atoms with van der Waals surface area (Å²) in [5, 5.41) is 8.29. The van der Waals surface area contributed by atoms with Crippen molar-refractivity contribution in [2.75, 3.05) is 0 Å². The fourth-order valence-corrected chi connectivity index (χ4v) is 0.578. The average Bonchev–Trinajstić information content (AvgIpc) is 1.99. The molecule has 0 aliphatic heterocycles. The highest BCUT2D eigenvalue weighted by Gasteiger charge is 2.12. The molecule has 0 spiro atoms. The number of hydrogen-bond donors (Lipinski definition) is 4.